The van der Waals surface area contributed by atoms with E-state index < -0.39 is 16.1 Å². The highest BCUT2D eigenvalue weighted by molar-refractivity contribution is 7.96. The number of likely N-dealkylation sites (N-methyl/N-ethyl adjacent to an activating group) is 1. The van der Waals surface area contributed by atoms with Crippen LogP contribution in [-0.4, -0.2) is 62.3 Å². The molecule has 0 saturated heterocycles. The first-order valence-electron chi connectivity index (χ1n) is 6.46. The van der Waals surface area contributed by atoms with Gasteiger partial charge in [-0.2, -0.15) is 0 Å². The van der Waals surface area contributed by atoms with E-state index in [1.807, 2.05) is 0 Å². The van der Waals surface area contributed by atoms with Gasteiger partial charge in [0, 0.05) is 14.1 Å². The van der Waals surface area contributed by atoms with Crippen LogP contribution in [0.15, 0.2) is 23.1 Å². The second-order valence-electron chi connectivity index (χ2n) is 4.95. The van der Waals surface area contributed by atoms with Crippen molar-refractivity contribution in [2.24, 2.45) is 0 Å². The van der Waals surface area contributed by atoms with Gasteiger partial charge in [-0.3, -0.25) is 9.89 Å². The van der Waals surface area contributed by atoms with Crippen LogP contribution in [0.3, 0.4) is 0 Å². The first kappa shape index (κ1) is 22.7. The molecule has 0 saturated carbocycles. The number of nitrogens with zero attached hydrogens (tertiary/aromatic N) is 2. The zero-order chi connectivity index (χ0) is 17.1. The van der Waals surface area contributed by atoms with E-state index in [0.717, 1.165) is 4.31 Å². The Morgan fingerprint density at radius 2 is 2.04 bits per heavy atom. The van der Waals surface area contributed by atoms with Gasteiger partial charge in [-0.25, -0.2) is 12.7 Å². The second-order valence-corrected chi connectivity index (χ2v) is 7.90. The van der Waals surface area contributed by atoms with Gasteiger partial charge in [0.15, 0.2) is 0 Å². The number of aliphatic hydroxyl groups excluding tert-OH is 1. The molecule has 0 aliphatic heterocycles. The molecule has 10 heteroatoms. The zero-order valence-corrected chi connectivity index (χ0v) is 17.3. The summed E-state index contributed by atoms with van der Waals surface area (Å²) in [6.07, 6.45) is -0.881. The Kier molecular flexibility index (Phi) is 9.11. The molecule has 0 bridgehead atoms. The Bertz CT molecular complexity index is 681. The maximum absolute atomic E-state index is 12.2. The molecule has 1 unspecified atom stereocenters. The van der Waals surface area contributed by atoms with Crippen molar-refractivity contribution in [3.8, 4) is 0 Å². The standard InChI is InChI=1S/C13H20ClN3O3S2.BrH/c1-15-13(21)17(4)8-11(18)9-5-6-10(14)12(7-9)22(19,20)16(2)3;/h5-7,11,18H,8H2,1-4H3,(H,15,21);1H. The summed E-state index contributed by atoms with van der Waals surface area (Å²) >= 11 is 10.2. The minimum Gasteiger partial charge on any atom is -1.00 e. The van der Waals surface area contributed by atoms with Crippen molar-refractivity contribution in [2.75, 3.05) is 34.7 Å². The third-order valence-electron chi connectivity index (χ3n) is 3.13. The highest BCUT2D eigenvalue weighted by atomic mass is 79.9. The van der Waals surface area contributed by atoms with E-state index in [2.05, 4.69) is 17.9 Å². The molecule has 0 aliphatic rings. The van der Waals surface area contributed by atoms with Gasteiger partial charge in [-0.1, -0.05) is 30.3 Å². The molecule has 0 aliphatic carbocycles. The van der Waals surface area contributed by atoms with E-state index in [-0.39, 0.29) is 33.4 Å². The molecular weight excluding hydrogens is 426 g/mol. The maximum Gasteiger partial charge on any atom is 0.302 e. The lowest BCUT2D eigenvalue weighted by Crippen LogP contribution is -3.00. The Labute approximate surface area is 158 Å². The van der Waals surface area contributed by atoms with Crippen molar-refractivity contribution in [2.45, 2.75) is 11.0 Å². The Balaban J connectivity index is 0.00000484. The van der Waals surface area contributed by atoms with E-state index >= 15 is 0 Å². The van der Waals surface area contributed by atoms with Crippen LogP contribution >= 0.6 is 24.2 Å². The minimum absolute atomic E-state index is 0. The molecule has 1 aromatic carbocycles. The first-order chi connectivity index (χ1) is 10.1. The number of hydrogen-bond donors (Lipinski definition) is 3. The fraction of sp³-hybridized carbons (Fsp3) is 0.462. The molecule has 0 amide bonds. The number of sulfonamides is 1. The number of thiol groups is 1. The van der Waals surface area contributed by atoms with Crippen LogP contribution in [0.1, 0.15) is 11.7 Å². The highest BCUT2D eigenvalue weighted by Gasteiger charge is 2.23. The average molecular weight is 447 g/mol. The number of benzene rings is 1. The quantitative estimate of drug-likeness (QED) is 0.207. The molecule has 0 aromatic heterocycles. The summed E-state index contributed by atoms with van der Waals surface area (Å²) in [5.74, 6) is 0. The SMILES string of the molecule is CNC(S)=[N+](C)CC(O)c1ccc(Cl)c(S(=O)(=O)N(C)C)c1.[Br-]. The molecule has 0 radical (unpaired) electrons. The monoisotopic (exact) mass is 445 g/mol. The van der Waals surface area contributed by atoms with E-state index in [0.29, 0.717) is 10.7 Å². The van der Waals surface area contributed by atoms with Crippen LogP contribution in [0.2, 0.25) is 5.02 Å². The van der Waals surface area contributed by atoms with Crippen molar-refractivity contribution >= 4 is 39.4 Å². The van der Waals surface area contributed by atoms with Gasteiger partial charge >= 0.3 is 5.17 Å². The summed E-state index contributed by atoms with van der Waals surface area (Å²) in [5.41, 5.74) is 0.467. The van der Waals surface area contributed by atoms with Gasteiger partial charge in [0.2, 0.25) is 10.0 Å². The van der Waals surface area contributed by atoms with Gasteiger partial charge in [0.05, 0.1) is 19.1 Å². The molecule has 0 spiro atoms. The predicted octanol–water partition coefficient (Wildman–Crippen LogP) is -2.22. The summed E-state index contributed by atoms with van der Waals surface area (Å²) in [7, 11) is 2.66. The van der Waals surface area contributed by atoms with Crippen LogP contribution in [-0.2, 0) is 10.0 Å². The van der Waals surface area contributed by atoms with E-state index in [1.165, 1.54) is 26.2 Å². The topological polar surface area (TPSA) is 72.6 Å². The summed E-state index contributed by atoms with van der Waals surface area (Å²) < 4.78 is 27.2. The van der Waals surface area contributed by atoms with Crippen LogP contribution < -0.4 is 22.3 Å². The smallest absolute Gasteiger partial charge is 0.302 e. The molecular formula is C13H21BrClN3O3S2. The first-order valence-corrected chi connectivity index (χ1v) is 8.72. The lowest BCUT2D eigenvalue weighted by molar-refractivity contribution is -0.507. The highest BCUT2D eigenvalue weighted by Crippen LogP contribution is 2.27. The van der Waals surface area contributed by atoms with Gasteiger partial charge < -0.3 is 22.1 Å². The lowest BCUT2D eigenvalue weighted by Gasteiger charge is -2.16. The second kappa shape index (κ2) is 9.24. The molecule has 2 N–H and O–H groups in total. The summed E-state index contributed by atoms with van der Waals surface area (Å²) in [6.45, 7) is 0.253. The third-order valence-corrected chi connectivity index (χ3v) is 5.99. The molecule has 23 heavy (non-hydrogen) atoms. The molecule has 132 valence electrons. The Hall–Kier alpha value is -0.320. The number of halogens is 2. The fourth-order valence-electron chi connectivity index (χ4n) is 1.76. The van der Waals surface area contributed by atoms with E-state index in [4.69, 9.17) is 11.6 Å². The molecule has 1 rings (SSSR count). The van der Waals surface area contributed by atoms with Crippen molar-refractivity contribution in [3.63, 3.8) is 0 Å². The van der Waals surface area contributed by atoms with E-state index in [9.17, 15) is 13.5 Å². The van der Waals surface area contributed by atoms with Crippen molar-refractivity contribution < 1.29 is 35.1 Å². The fourth-order valence-corrected chi connectivity index (χ4v) is 3.25. The van der Waals surface area contributed by atoms with Crippen LogP contribution in [0, 0.1) is 0 Å². The number of amidine groups is 1. The minimum atomic E-state index is -3.67. The lowest BCUT2D eigenvalue weighted by atomic mass is 10.1. The molecule has 0 fully saturated rings. The summed E-state index contributed by atoms with van der Waals surface area (Å²) in [5, 5.41) is 13.9. The van der Waals surface area contributed by atoms with Gasteiger partial charge in [-0.15, -0.1) is 0 Å². The van der Waals surface area contributed by atoms with Crippen LogP contribution in [0.25, 0.3) is 0 Å². The number of rotatable bonds is 5. The van der Waals surface area contributed by atoms with Crippen LogP contribution in [0.5, 0.6) is 0 Å². The van der Waals surface area contributed by atoms with Gasteiger partial charge in [0.25, 0.3) is 0 Å². The summed E-state index contributed by atoms with van der Waals surface area (Å²) in [4.78, 5) is -0.0259. The zero-order valence-electron chi connectivity index (χ0n) is 13.3. The predicted molar refractivity (Wildman–Crippen MR) is 91.4 cm³/mol. The number of aliphatic hydroxyl groups is 1. The Morgan fingerprint density at radius 1 is 1.48 bits per heavy atom. The van der Waals surface area contributed by atoms with Crippen molar-refractivity contribution in [3.05, 3.63) is 28.8 Å². The average Bonchev–Trinajstić information content (AvgIpc) is 2.46. The van der Waals surface area contributed by atoms with Crippen molar-refractivity contribution in [1.82, 2.24) is 9.62 Å². The largest absolute Gasteiger partial charge is 1.00 e. The van der Waals surface area contributed by atoms with Crippen LogP contribution in [0.4, 0.5) is 0 Å². The molecule has 1 atom stereocenters. The third kappa shape index (κ3) is 5.61. The Morgan fingerprint density at radius 3 is 2.52 bits per heavy atom. The van der Waals surface area contributed by atoms with Gasteiger partial charge in [-0.05, 0) is 17.7 Å². The molecule has 1 aromatic rings. The van der Waals surface area contributed by atoms with E-state index in [1.54, 1.807) is 24.7 Å². The number of nitrogens with one attached hydrogen (secondary N) is 1. The summed E-state index contributed by atoms with van der Waals surface area (Å²) in [6, 6.07) is 4.47. The van der Waals surface area contributed by atoms with Crippen molar-refractivity contribution in [1.29, 1.82) is 0 Å². The molecule has 0 heterocycles. The normalized spacial score (nSPS) is 14.1. The number of hydrogen-bond acceptors (Lipinski definition) is 3. The van der Waals surface area contributed by atoms with Gasteiger partial charge in [0.1, 0.15) is 17.5 Å². The maximum atomic E-state index is 12.2. The molecule has 6 nitrogen and oxygen atoms in total.